The number of halogens is 1. The zero-order chi connectivity index (χ0) is 19.7. The molecule has 1 aromatic carbocycles. The largest absolute Gasteiger partial charge is 0.497 e. The number of ether oxygens (including phenoxy) is 1. The maximum atomic E-state index is 14.3. The number of hydrogen-bond acceptors (Lipinski definition) is 5. The summed E-state index contributed by atoms with van der Waals surface area (Å²) in [5.41, 5.74) is 1.14. The highest BCUT2D eigenvalue weighted by Gasteiger charge is 2.28. The van der Waals surface area contributed by atoms with E-state index in [9.17, 15) is 4.39 Å². The van der Waals surface area contributed by atoms with Gasteiger partial charge in [-0.15, -0.1) is 0 Å². The predicted octanol–water partition coefficient (Wildman–Crippen LogP) is 4.26. The number of likely N-dealkylation sites (tertiary alicyclic amines) is 1. The summed E-state index contributed by atoms with van der Waals surface area (Å²) in [6.45, 7) is 3.51. The summed E-state index contributed by atoms with van der Waals surface area (Å²) >= 11 is 0. The summed E-state index contributed by atoms with van der Waals surface area (Å²) in [7, 11) is 3.58. The molecule has 0 bridgehead atoms. The van der Waals surface area contributed by atoms with E-state index < -0.39 is 0 Å². The lowest BCUT2D eigenvalue weighted by molar-refractivity contribution is 0.129. The first kappa shape index (κ1) is 18.7. The lowest BCUT2D eigenvalue weighted by Gasteiger charge is -2.34. The van der Waals surface area contributed by atoms with E-state index in [4.69, 9.17) is 9.15 Å². The Bertz CT molecular complexity index is 965. The fourth-order valence-electron chi connectivity index (χ4n) is 3.85. The maximum absolute atomic E-state index is 14.3. The third-order valence-electron chi connectivity index (χ3n) is 5.42. The van der Waals surface area contributed by atoms with Gasteiger partial charge in [-0.2, -0.15) is 0 Å². The number of imidazole rings is 1. The number of aromatic nitrogens is 3. The molecule has 0 radical (unpaired) electrons. The van der Waals surface area contributed by atoms with E-state index in [2.05, 4.69) is 19.4 Å². The van der Waals surface area contributed by atoms with Crippen molar-refractivity contribution in [2.45, 2.75) is 38.8 Å². The van der Waals surface area contributed by atoms with Gasteiger partial charge in [0, 0.05) is 26.0 Å². The van der Waals surface area contributed by atoms with Crippen LogP contribution in [0.5, 0.6) is 5.75 Å². The Morgan fingerprint density at radius 1 is 1.32 bits per heavy atom. The highest BCUT2D eigenvalue weighted by Crippen LogP contribution is 2.33. The number of aryl methyl sites for hydroxylation is 2. The van der Waals surface area contributed by atoms with Crippen LogP contribution in [0.25, 0.3) is 11.5 Å². The smallest absolute Gasteiger partial charge is 0.229 e. The van der Waals surface area contributed by atoms with Crippen molar-refractivity contribution in [3.63, 3.8) is 0 Å². The third kappa shape index (κ3) is 3.54. The van der Waals surface area contributed by atoms with Crippen molar-refractivity contribution in [2.75, 3.05) is 13.7 Å². The second-order valence-corrected chi connectivity index (χ2v) is 7.25. The molecule has 0 N–H and O–H groups in total. The molecule has 0 saturated carbocycles. The molecule has 3 heterocycles. The molecule has 3 aromatic rings. The average Bonchev–Trinajstić information content (AvgIpc) is 3.28. The molecule has 28 heavy (non-hydrogen) atoms. The molecule has 0 spiro atoms. The summed E-state index contributed by atoms with van der Waals surface area (Å²) in [5, 5.41) is 0. The van der Waals surface area contributed by atoms with Gasteiger partial charge in [0.2, 0.25) is 5.89 Å². The normalized spacial score (nSPS) is 17.8. The van der Waals surface area contributed by atoms with Gasteiger partial charge in [0.1, 0.15) is 23.2 Å². The van der Waals surface area contributed by atoms with E-state index in [1.54, 1.807) is 19.2 Å². The predicted molar refractivity (Wildman–Crippen MR) is 103 cm³/mol. The van der Waals surface area contributed by atoms with Gasteiger partial charge < -0.3 is 13.7 Å². The Kier molecular flexibility index (Phi) is 5.17. The number of oxazole rings is 1. The van der Waals surface area contributed by atoms with E-state index in [0.29, 0.717) is 23.6 Å². The number of hydrogen-bond donors (Lipinski definition) is 0. The van der Waals surface area contributed by atoms with Crippen molar-refractivity contribution < 1.29 is 13.5 Å². The molecule has 6 nitrogen and oxygen atoms in total. The molecule has 0 aliphatic carbocycles. The second-order valence-electron chi connectivity index (χ2n) is 7.25. The molecule has 148 valence electrons. The molecule has 0 amide bonds. The van der Waals surface area contributed by atoms with Gasteiger partial charge in [-0.3, -0.25) is 4.90 Å². The Morgan fingerprint density at radius 3 is 2.93 bits per heavy atom. The number of methoxy groups -OCH3 is 1. The Labute approximate surface area is 164 Å². The number of rotatable bonds is 5. The van der Waals surface area contributed by atoms with Crippen LogP contribution in [0.1, 0.15) is 42.6 Å². The van der Waals surface area contributed by atoms with Gasteiger partial charge in [0.15, 0.2) is 0 Å². The first-order valence-electron chi connectivity index (χ1n) is 9.58. The van der Waals surface area contributed by atoms with Crippen molar-refractivity contribution >= 4 is 0 Å². The minimum Gasteiger partial charge on any atom is -0.497 e. The molecule has 1 saturated heterocycles. The molecule has 1 fully saturated rings. The monoisotopic (exact) mass is 384 g/mol. The van der Waals surface area contributed by atoms with Crippen LogP contribution in [0, 0.1) is 12.7 Å². The SMILES string of the molecule is COc1ccc(F)c(-c2nc(CN3CCCCC3c3nccn3C)c(C)o2)c1. The van der Waals surface area contributed by atoms with Crippen LogP contribution in [-0.2, 0) is 13.6 Å². The second kappa shape index (κ2) is 7.75. The van der Waals surface area contributed by atoms with Gasteiger partial charge >= 0.3 is 0 Å². The highest BCUT2D eigenvalue weighted by molar-refractivity contribution is 5.57. The molecule has 7 heteroatoms. The van der Waals surface area contributed by atoms with Crippen LogP contribution in [-0.4, -0.2) is 33.1 Å². The zero-order valence-electron chi connectivity index (χ0n) is 16.5. The minimum absolute atomic E-state index is 0.252. The Balaban J connectivity index is 1.61. The van der Waals surface area contributed by atoms with E-state index >= 15 is 0 Å². The Hall–Kier alpha value is -2.67. The van der Waals surface area contributed by atoms with Crippen molar-refractivity contribution in [1.29, 1.82) is 0 Å². The molecule has 1 aliphatic rings. The maximum Gasteiger partial charge on any atom is 0.229 e. The number of nitrogens with zero attached hydrogens (tertiary/aromatic N) is 4. The van der Waals surface area contributed by atoms with Crippen molar-refractivity contribution in [3.8, 4) is 17.2 Å². The lowest BCUT2D eigenvalue weighted by Crippen LogP contribution is -2.34. The minimum atomic E-state index is -0.377. The van der Waals surface area contributed by atoms with Gasteiger partial charge in [-0.05, 0) is 44.5 Å². The third-order valence-corrected chi connectivity index (χ3v) is 5.42. The van der Waals surface area contributed by atoms with Crippen LogP contribution >= 0.6 is 0 Å². The summed E-state index contributed by atoms with van der Waals surface area (Å²) < 4.78 is 27.4. The summed E-state index contributed by atoms with van der Waals surface area (Å²) in [5.74, 6) is 2.26. The molecule has 2 aromatic heterocycles. The quantitative estimate of drug-likeness (QED) is 0.658. The molecule has 1 aliphatic heterocycles. The first-order valence-corrected chi connectivity index (χ1v) is 9.58. The summed E-state index contributed by atoms with van der Waals surface area (Å²) in [6.07, 6.45) is 7.22. The standard InChI is InChI=1S/C21H25FN4O2/c1-14-18(24-21(28-14)16-12-15(27-3)7-8-17(16)22)13-26-10-5-4-6-19(26)20-23-9-11-25(20)2/h7-9,11-12,19H,4-6,10,13H2,1-3H3. The average molecular weight is 384 g/mol. The summed E-state index contributed by atoms with van der Waals surface area (Å²) in [6, 6.07) is 4.82. The van der Waals surface area contributed by atoms with E-state index in [1.165, 1.54) is 12.5 Å². The van der Waals surface area contributed by atoms with E-state index in [1.807, 2.05) is 26.4 Å². The van der Waals surface area contributed by atoms with Crippen LogP contribution in [0.3, 0.4) is 0 Å². The molecular weight excluding hydrogens is 359 g/mol. The highest BCUT2D eigenvalue weighted by atomic mass is 19.1. The van der Waals surface area contributed by atoms with Crippen LogP contribution in [0.2, 0.25) is 0 Å². The number of benzene rings is 1. The molecule has 1 unspecified atom stereocenters. The zero-order valence-corrected chi connectivity index (χ0v) is 16.5. The Morgan fingerprint density at radius 2 is 2.18 bits per heavy atom. The van der Waals surface area contributed by atoms with Crippen LogP contribution in [0.15, 0.2) is 35.0 Å². The van der Waals surface area contributed by atoms with Gasteiger partial charge in [-0.1, -0.05) is 6.42 Å². The van der Waals surface area contributed by atoms with Crippen molar-refractivity contribution in [1.82, 2.24) is 19.4 Å². The first-order chi connectivity index (χ1) is 13.6. The molecular formula is C21H25FN4O2. The molecule has 1 atom stereocenters. The van der Waals surface area contributed by atoms with Crippen LogP contribution in [0.4, 0.5) is 4.39 Å². The lowest BCUT2D eigenvalue weighted by atomic mass is 10.0. The van der Waals surface area contributed by atoms with E-state index in [0.717, 1.165) is 30.9 Å². The van der Waals surface area contributed by atoms with Crippen molar-refractivity contribution in [2.24, 2.45) is 7.05 Å². The fraction of sp³-hybridized carbons (Fsp3) is 0.429. The molecule has 4 rings (SSSR count). The van der Waals surface area contributed by atoms with Crippen LogP contribution < -0.4 is 4.74 Å². The number of piperidine rings is 1. The van der Waals surface area contributed by atoms with Gasteiger partial charge in [-0.25, -0.2) is 14.4 Å². The van der Waals surface area contributed by atoms with E-state index in [-0.39, 0.29) is 17.7 Å². The van der Waals surface area contributed by atoms with Gasteiger partial charge in [0.05, 0.1) is 24.4 Å². The van der Waals surface area contributed by atoms with Crippen molar-refractivity contribution in [3.05, 3.63) is 53.7 Å². The van der Waals surface area contributed by atoms with Gasteiger partial charge in [0.25, 0.3) is 0 Å². The summed E-state index contributed by atoms with van der Waals surface area (Å²) in [4.78, 5) is 11.6. The fourth-order valence-corrected chi connectivity index (χ4v) is 3.85. The topological polar surface area (TPSA) is 56.3 Å².